The van der Waals surface area contributed by atoms with Crippen LogP contribution in [0.2, 0.25) is 0 Å². The molecule has 1 aromatic heterocycles. The van der Waals surface area contributed by atoms with Crippen LogP contribution in [0.3, 0.4) is 0 Å². The topological polar surface area (TPSA) is 65.1 Å². The summed E-state index contributed by atoms with van der Waals surface area (Å²) < 4.78 is 0. The van der Waals surface area contributed by atoms with Crippen LogP contribution >= 0.6 is 0 Å². The maximum atomic E-state index is 13.2. The van der Waals surface area contributed by atoms with Crippen LogP contribution in [0.1, 0.15) is 48.0 Å². The van der Waals surface area contributed by atoms with Crippen molar-refractivity contribution in [2.75, 3.05) is 19.6 Å². The Bertz CT molecular complexity index is 852. The molecule has 4 fully saturated rings. The van der Waals surface area contributed by atoms with Gasteiger partial charge in [-0.15, -0.1) is 0 Å². The predicted molar refractivity (Wildman–Crippen MR) is 107 cm³/mol. The Hall–Kier alpha value is -2.21. The van der Waals surface area contributed by atoms with Gasteiger partial charge in [0.15, 0.2) is 5.82 Å². The maximum Gasteiger partial charge on any atom is 0.223 e. The second kappa shape index (κ2) is 6.99. The van der Waals surface area contributed by atoms with Crippen LogP contribution in [-0.2, 0) is 11.2 Å². The number of piperidine rings is 3. The van der Waals surface area contributed by atoms with Gasteiger partial charge in [0.2, 0.25) is 5.91 Å². The Balaban J connectivity index is 1.38. The van der Waals surface area contributed by atoms with Crippen molar-refractivity contribution in [3.63, 3.8) is 0 Å². The van der Waals surface area contributed by atoms with Gasteiger partial charge in [0.25, 0.3) is 0 Å². The van der Waals surface area contributed by atoms with Crippen LogP contribution in [0.5, 0.6) is 0 Å². The van der Waals surface area contributed by atoms with Crippen molar-refractivity contribution < 1.29 is 4.79 Å². The summed E-state index contributed by atoms with van der Waals surface area (Å²) in [6.45, 7) is 7.24. The number of hydrogen-bond acceptors (Lipinski definition) is 4. The van der Waals surface area contributed by atoms with Crippen molar-refractivity contribution in [3.05, 3.63) is 47.0 Å². The summed E-state index contributed by atoms with van der Waals surface area (Å²) in [4.78, 5) is 22.5. The molecule has 1 N–H and O–H groups in total. The number of hydrogen-bond donors (Lipinski definition) is 1. The number of amides is 1. The molecule has 4 aliphatic heterocycles. The molecule has 6 rings (SSSR count). The minimum Gasteiger partial charge on any atom is -0.337 e. The number of fused-ring (bicyclic) bond motifs is 2. The second-order valence-corrected chi connectivity index (χ2v) is 8.75. The molecule has 4 saturated heterocycles. The van der Waals surface area contributed by atoms with Crippen LogP contribution in [0.4, 0.5) is 0 Å². The van der Waals surface area contributed by atoms with E-state index < -0.39 is 0 Å². The normalized spacial score (nSPS) is 31.2. The van der Waals surface area contributed by atoms with Crippen LogP contribution in [0, 0.1) is 19.8 Å². The number of rotatable bonds is 4. The number of benzene rings is 1. The molecule has 0 spiro atoms. The molecule has 3 atom stereocenters. The molecule has 6 heteroatoms. The average molecular weight is 380 g/mol. The SMILES string of the molecule is Cc1ccc([C@H]2CN(C(=O)CCc3n[nH]c(C)n3)[C@@H]3C4CCN(CC4)[C@H]23)cc1. The Morgan fingerprint density at radius 3 is 2.57 bits per heavy atom. The van der Waals surface area contributed by atoms with Gasteiger partial charge >= 0.3 is 0 Å². The quantitative estimate of drug-likeness (QED) is 0.886. The zero-order chi connectivity index (χ0) is 19.3. The molecule has 0 aliphatic carbocycles. The third-order valence-corrected chi connectivity index (χ3v) is 7.03. The number of H-pyrrole nitrogens is 1. The second-order valence-electron chi connectivity index (χ2n) is 8.75. The number of aromatic nitrogens is 3. The first-order valence-corrected chi connectivity index (χ1v) is 10.6. The van der Waals surface area contributed by atoms with Crippen molar-refractivity contribution in [3.8, 4) is 0 Å². The highest BCUT2D eigenvalue weighted by atomic mass is 16.2. The number of likely N-dealkylation sites (tertiary alicyclic amines) is 1. The number of aryl methyl sites for hydroxylation is 3. The third-order valence-electron chi connectivity index (χ3n) is 7.03. The number of carbonyl (C=O) groups excluding carboxylic acids is 1. The molecular formula is C22H29N5O. The van der Waals surface area contributed by atoms with Crippen molar-refractivity contribution >= 4 is 5.91 Å². The molecule has 148 valence electrons. The summed E-state index contributed by atoms with van der Waals surface area (Å²) in [6.07, 6.45) is 3.56. The van der Waals surface area contributed by atoms with E-state index in [-0.39, 0.29) is 5.91 Å². The van der Waals surface area contributed by atoms with Gasteiger partial charge in [-0.3, -0.25) is 14.8 Å². The smallest absolute Gasteiger partial charge is 0.223 e. The maximum absolute atomic E-state index is 13.2. The molecule has 0 unspecified atom stereocenters. The summed E-state index contributed by atoms with van der Waals surface area (Å²) >= 11 is 0. The molecule has 0 saturated carbocycles. The summed E-state index contributed by atoms with van der Waals surface area (Å²) in [5, 5.41) is 7.06. The minimum atomic E-state index is 0.265. The Morgan fingerprint density at radius 1 is 1.14 bits per heavy atom. The molecule has 4 aliphatic rings. The van der Waals surface area contributed by atoms with Gasteiger partial charge < -0.3 is 4.90 Å². The monoisotopic (exact) mass is 379 g/mol. The standard InChI is InChI=1S/C22H29N5O/c1-14-3-5-16(6-4-14)18-13-27(20(28)8-7-19-23-15(2)24-25-19)21-17-9-11-26(12-10-17)22(18)21/h3-6,17-18,21-22H,7-13H2,1-2H3,(H,23,24,25)/t18-,21-,22-/m1/s1. The Morgan fingerprint density at radius 2 is 1.89 bits per heavy atom. The molecule has 5 heterocycles. The molecular weight excluding hydrogens is 350 g/mol. The number of carbonyl (C=O) groups is 1. The summed E-state index contributed by atoms with van der Waals surface area (Å²) in [7, 11) is 0. The van der Waals surface area contributed by atoms with Crippen LogP contribution in [-0.4, -0.2) is 62.6 Å². The van der Waals surface area contributed by atoms with Gasteiger partial charge in [0, 0.05) is 31.3 Å². The van der Waals surface area contributed by atoms with E-state index in [1.54, 1.807) is 0 Å². The van der Waals surface area contributed by atoms with Gasteiger partial charge in [-0.2, -0.15) is 5.10 Å². The van der Waals surface area contributed by atoms with E-state index in [2.05, 4.69) is 56.2 Å². The fraction of sp³-hybridized carbons (Fsp3) is 0.591. The largest absolute Gasteiger partial charge is 0.337 e. The van der Waals surface area contributed by atoms with Gasteiger partial charge in [-0.25, -0.2) is 4.98 Å². The van der Waals surface area contributed by atoms with E-state index in [9.17, 15) is 4.79 Å². The van der Waals surface area contributed by atoms with E-state index >= 15 is 0 Å². The zero-order valence-electron chi connectivity index (χ0n) is 16.8. The highest BCUT2D eigenvalue weighted by Gasteiger charge is 2.54. The average Bonchev–Trinajstić information content (AvgIpc) is 3.33. The highest BCUT2D eigenvalue weighted by molar-refractivity contribution is 5.77. The predicted octanol–water partition coefficient (Wildman–Crippen LogP) is 2.44. The number of nitrogens with one attached hydrogen (secondary N) is 1. The van der Waals surface area contributed by atoms with Crippen molar-refractivity contribution in [2.24, 2.45) is 5.92 Å². The Labute approximate surface area is 166 Å². The van der Waals surface area contributed by atoms with Gasteiger partial charge in [-0.05, 0) is 51.3 Å². The van der Waals surface area contributed by atoms with E-state index in [1.807, 2.05) is 6.92 Å². The zero-order valence-corrected chi connectivity index (χ0v) is 16.8. The molecule has 2 bridgehead atoms. The van der Waals surface area contributed by atoms with Crippen LogP contribution in [0.25, 0.3) is 0 Å². The van der Waals surface area contributed by atoms with Crippen molar-refractivity contribution in [1.29, 1.82) is 0 Å². The lowest BCUT2D eigenvalue weighted by molar-refractivity contribution is -0.136. The first-order chi connectivity index (χ1) is 13.6. The first kappa shape index (κ1) is 17.9. The highest BCUT2D eigenvalue weighted by Crippen LogP contribution is 2.46. The van der Waals surface area contributed by atoms with Gasteiger partial charge in [-0.1, -0.05) is 29.8 Å². The van der Waals surface area contributed by atoms with E-state index in [1.165, 1.54) is 37.1 Å². The summed E-state index contributed by atoms with van der Waals surface area (Å²) in [5.74, 6) is 2.88. The van der Waals surface area contributed by atoms with E-state index in [0.29, 0.717) is 36.8 Å². The lowest BCUT2D eigenvalue weighted by Gasteiger charge is -2.51. The molecule has 0 radical (unpaired) electrons. The minimum absolute atomic E-state index is 0.265. The summed E-state index contributed by atoms with van der Waals surface area (Å²) in [6, 6.07) is 9.80. The molecule has 1 aromatic carbocycles. The lowest BCUT2D eigenvalue weighted by atomic mass is 9.75. The van der Waals surface area contributed by atoms with Crippen LogP contribution < -0.4 is 0 Å². The van der Waals surface area contributed by atoms with Gasteiger partial charge in [0.05, 0.1) is 6.04 Å². The summed E-state index contributed by atoms with van der Waals surface area (Å²) in [5.41, 5.74) is 2.67. The van der Waals surface area contributed by atoms with E-state index in [0.717, 1.165) is 18.2 Å². The third kappa shape index (κ3) is 3.04. The number of nitrogens with zero attached hydrogens (tertiary/aromatic N) is 4. The van der Waals surface area contributed by atoms with E-state index in [4.69, 9.17) is 0 Å². The molecule has 2 aromatic rings. The fourth-order valence-electron chi connectivity index (χ4n) is 5.67. The molecule has 1 amide bonds. The molecule has 28 heavy (non-hydrogen) atoms. The van der Waals surface area contributed by atoms with Crippen molar-refractivity contribution in [1.82, 2.24) is 25.0 Å². The van der Waals surface area contributed by atoms with Gasteiger partial charge in [0.1, 0.15) is 5.82 Å². The Kier molecular flexibility index (Phi) is 4.46. The van der Waals surface area contributed by atoms with Crippen LogP contribution in [0.15, 0.2) is 24.3 Å². The number of aromatic amines is 1. The van der Waals surface area contributed by atoms with Crippen molar-refractivity contribution in [2.45, 2.75) is 57.5 Å². The first-order valence-electron chi connectivity index (χ1n) is 10.6. The fourth-order valence-corrected chi connectivity index (χ4v) is 5.67. The molecule has 6 nitrogen and oxygen atoms in total. The lowest BCUT2D eigenvalue weighted by Crippen LogP contribution is -2.60.